The fourth-order valence-electron chi connectivity index (χ4n) is 2.18. The second-order valence-corrected chi connectivity index (χ2v) is 6.86. The summed E-state index contributed by atoms with van der Waals surface area (Å²) < 4.78 is 1.02. The standard InChI is InChI=1S/C15H20BrN3S/c1-11(7-14-5-4-6-20-14)19(3)15-12(9-17-2)8-13(16)10-18-15/h4-6,8,10-11,17H,7,9H2,1-3H3. The van der Waals surface area contributed by atoms with Crippen molar-refractivity contribution in [2.24, 2.45) is 0 Å². The summed E-state index contributed by atoms with van der Waals surface area (Å²) in [5, 5.41) is 5.34. The number of nitrogens with zero attached hydrogens (tertiary/aromatic N) is 2. The molecule has 1 N–H and O–H groups in total. The molecule has 2 heterocycles. The van der Waals surface area contributed by atoms with Gasteiger partial charge in [-0.05, 0) is 47.4 Å². The van der Waals surface area contributed by atoms with Crippen LogP contribution in [0.15, 0.2) is 34.2 Å². The van der Waals surface area contributed by atoms with Crippen LogP contribution >= 0.6 is 27.3 Å². The lowest BCUT2D eigenvalue weighted by Crippen LogP contribution is -2.32. The Morgan fingerprint density at radius 1 is 1.50 bits per heavy atom. The lowest BCUT2D eigenvalue weighted by Gasteiger charge is -2.27. The highest BCUT2D eigenvalue weighted by atomic mass is 79.9. The van der Waals surface area contributed by atoms with E-state index in [0.29, 0.717) is 6.04 Å². The van der Waals surface area contributed by atoms with Gasteiger partial charge in [0.15, 0.2) is 0 Å². The first kappa shape index (κ1) is 15.5. The van der Waals surface area contributed by atoms with Crippen molar-refractivity contribution in [3.05, 3.63) is 44.7 Å². The highest BCUT2D eigenvalue weighted by Gasteiger charge is 2.16. The summed E-state index contributed by atoms with van der Waals surface area (Å²) in [5.41, 5.74) is 1.21. The number of rotatable bonds is 6. The molecule has 108 valence electrons. The Bertz CT molecular complexity index is 542. The Kier molecular flexibility index (Phi) is 5.57. The second kappa shape index (κ2) is 7.20. The molecule has 3 nitrogen and oxygen atoms in total. The third kappa shape index (κ3) is 3.81. The normalized spacial score (nSPS) is 12.4. The van der Waals surface area contributed by atoms with Crippen molar-refractivity contribution in [1.29, 1.82) is 0 Å². The molecule has 1 atom stereocenters. The maximum Gasteiger partial charge on any atom is 0.133 e. The third-order valence-electron chi connectivity index (χ3n) is 3.35. The van der Waals surface area contributed by atoms with Crippen LogP contribution in [0.3, 0.4) is 0 Å². The third-order valence-corrected chi connectivity index (χ3v) is 4.68. The Hall–Kier alpha value is -0.910. The number of aromatic nitrogens is 1. The highest BCUT2D eigenvalue weighted by Crippen LogP contribution is 2.24. The minimum atomic E-state index is 0.415. The number of likely N-dealkylation sites (N-methyl/N-ethyl adjacent to an activating group) is 1. The first-order valence-corrected chi connectivity index (χ1v) is 8.33. The smallest absolute Gasteiger partial charge is 0.133 e. The topological polar surface area (TPSA) is 28.2 Å². The SMILES string of the molecule is CNCc1cc(Br)cnc1N(C)C(C)Cc1cccs1. The van der Waals surface area contributed by atoms with E-state index < -0.39 is 0 Å². The number of nitrogens with one attached hydrogen (secondary N) is 1. The number of thiophene rings is 1. The molecule has 0 fully saturated rings. The van der Waals surface area contributed by atoms with Gasteiger partial charge >= 0.3 is 0 Å². The van der Waals surface area contributed by atoms with Gasteiger partial charge in [-0.15, -0.1) is 11.3 Å². The zero-order valence-corrected chi connectivity index (χ0v) is 14.5. The first-order chi connectivity index (χ1) is 9.61. The van der Waals surface area contributed by atoms with E-state index in [4.69, 9.17) is 0 Å². The second-order valence-electron chi connectivity index (χ2n) is 4.91. The lowest BCUT2D eigenvalue weighted by atomic mass is 10.1. The van der Waals surface area contributed by atoms with Gasteiger partial charge in [0.05, 0.1) is 0 Å². The van der Waals surface area contributed by atoms with Crippen molar-refractivity contribution in [1.82, 2.24) is 10.3 Å². The number of hydrogen-bond donors (Lipinski definition) is 1. The monoisotopic (exact) mass is 353 g/mol. The van der Waals surface area contributed by atoms with Gasteiger partial charge in [0.25, 0.3) is 0 Å². The molecule has 0 spiro atoms. The average Bonchev–Trinajstić information content (AvgIpc) is 2.91. The molecule has 20 heavy (non-hydrogen) atoms. The van der Waals surface area contributed by atoms with E-state index in [9.17, 15) is 0 Å². The van der Waals surface area contributed by atoms with Crippen molar-refractivity contribution in [3.63, 3.8) is 0 Å². The predicted octanol–water partition coefficient (Wildman–Crippen LogP) is 3.69. The van der Waals surface area contributed by atoms with Crippen LogP contribution in [0.25, 0.3) is 0 Å². The van der Waals surface area contributed by atoms with Crippen LogP contribution in [0.1, 0.15) is 17.4 Å². The minimum absolute atomic E-state index is 0.415. The molecule has 0 aliphatic rings. The van der Waals surface area contributed by atoms with Crippen molar-refractivity contribution in [2.75, 3.05) is 19.0 Å². The van der Waals surface area contributed by atoms with Gasteiger partial charge in [-0.3, -0.25) is 0 Å². The van der Waals surface area contributed by atoms with E-state index >= 15 is 0 Å². The molecule has 0 bridgehead atoms. The zero-order valence-electron chi connectivity index (χ0n) is 12.1. The summed E-state index contributed by atoms with van der Waals surface area (Å²) in [6.07, 6.45) is 2.91. The molecular weight excluding hydrogens is 334 g/mol. The van der Waals surface area contributed by atoms with E-state index in [1.54, 1.807) is 0 Å². The van der Waals surface area contributed by atoms with E-state index in [2.05, 4.69) is 68.7 Å². The molecule has 2 rings (SSSR count). The molecule has 0 saturated carbocycles. The largest absolute Gasteiger partial charge is 0.356 e. The first-order valence-electron chi connectivity index (χ1n) is 6.66. The molecule has 0 radical (unpaired) electrons. The van der Waals surface area contributed by atoms with Crippen molar-refractivity contribution in [2.45, 2.75) is 25.9 Å². The van der Waals surface area contributed by atoms with Gasteiger partial charge in [-0.1, -0.05) is 6.07 Å². The Labute approximate surface area is 133 Å². The summed E-state index contributed by atoms with van der Waals surface area (Å²) >= 11 is 5.31. The molecule has 0 saturated heterocycles. The van der Waals surface area contributed by atoms with E-state index in [1.807, 2.05) is 24.6 Å². The maximum atomic E-state index is 4.59. The molecule has 0 amide bonds. The Morgan fingerprint density at radius 3 is 2.95 bits per heavy atom. The van der Waals surface area contributed by atoms with E-state index in [0.717, 1.165) is 23.3 Å². The number of hydrogen-bond acceptors (Lipinski definition) is 4. The molecule has 0 aliphatic carbocycles. The van der Waals surface area contributed by atoms with Gasteiger partial charge in [0, 0.05) is 47.2 Å². The van der Waals surface area contributed by atoms with Gasteiger partial charge in [0.1, 0.15) is 5.82 Å². The molecule has 2 aromatic heterocycles. The van der Waals surface area contributed by atoms with Crippen LogP contribution in [0.5, 0.6) is 0 Å². The summed E-state index contributed by atoms with van der Waals surface area (Å²) in [4.78, 5) is 8.27. The van der Waals surface area contributed by atoms with Crippen LogP contribution in [0.2, 0.25) is 0 Å². The van der Waals surface area contributed by atoms with Gasteiger partial charge < -0.3 is 10.2 Å². The van der Waals surface area contributed by atoms with Crippen LogP contribution in [0.4, 0.5) is 5.82 Å². The molecule has 0 aromatic carbocycles. The molecule has 1 unspecified atom stereocenters. The van der Waals surface area contributed by atoms with Gasteiger partial charge in [0.2, 0.25) is 0 Å². The summed E-state index contributed by atoms with van der Waals surface area (Å²) in [6, 6.07) is 6.85. The van der Waals surface area contributed by atoms with Crippen molar-refractivity contribution < 1.29 is 0 Å². The summed E-state index contributed by atoms with van der Waals surface area (Å²) in [7, 11) is 4.08. The number of anilines is 1. The lowest BCUT2D eigenvalue weighted by molar-refractivity contribution is 0.672. The quantitative estimate of drug-likeness (QED) is 0.858. The van der Waals surface area contributed by atoms with Crippen LogP contribution < -0.4 is 10.2 Å². The van der Waals surface area contributed by atoms with Crippen LogP contribution in [-0.4, -0.2) is 25.1 Å². The molecule has 5 heteroatoms. The molecule has 2 aromatic rings. The van der Waals surface area contributed by atoms with Crippen LogP contribution in [-0.2, 0) is 13.0 Å². The van der Waals surface area contributed by atoms with Gasteiger partial charge in [-0.25, -0.2) is 4.98 Å². The summed E-state index contributed by atoms with van der Waals surface area (Å²) in [6.45, 7) is 3.06. The van der Waals surface area contributed by atoms with E-state index in [1.165, 1.54) is 10.4 Å². The molecular formula is C15H20BrN3S. The van der Waals surface area contributed by atoms with Crippen LogP contribution in [0, 0.1) is 0 Å². The van der Waals surface area contributed by atoms with Crippen molar-refractivity contribution >= 4 is 33.1 Å². The predicted molar refractivity (Wildman–Crippen MR) is 90.6 cm³/mol. The number of pyridine rings is 1. The highest BCUT2D eigenvalue weighted by molar-refractivity contribution is 9.10. The van der Waals surface area contributed by atoms with Crippen molar-refractivity contribution in [3.8, 4) is 0 Å². The maximum absolute atomic E-state index is 4.59. The van der Waals surface area contributed by atoms with E-state index in [-0.39, 0.29) is 0 Å². The minimum Gasteiger partial charge on any atom is -0.356 e. The zero-order chi connectivity index (χ0) is 14.5. The Balaban J connectivity index is 2.17. The average molecular weight is 354 g/mol. The summed E-state index contributed by atoms with van der Waals surface area (Å²) in [5.74, 6) is 1.05. The molecule has 0 aliphatic heterocycles. The fraction of sp³-hybridized carbons (Fsp3) is 0.400. The fourth-order valence-corrected chi connectivity index (χ4v) is 3.38. The Morgan fingerprint density at radius 2 is 2.30 bits per heavy atom. The van der Waals surface area contributed by atoms with Gasteiger partial charge in [-0.2, -0.15) is 0 Å². The number of halogens is 1.